The number of hydrogen-bond acceptors (Lipinski definition) is 3. The number of nitrogens with one attached hydrogen (secondary N) is 2. The average Bonchev–Trinajstić information content (AvgIpc) is 2.75. The molecule has 0 amide bonds. The summed E-state index contributed by atoms with van der Waals surface area (Å²) >= 11 is 0. The van der Waals surface area contributed by atoms with Crippen LogP contribution in [0.2, 0.25) is 0 Å². The number of sulfonamides is 1. The van der Waals surface area contributed by atoms with Crippen molar-refractivity contribution in [1.29, 1.82) is 0 Å². The van der Waals surface area contributed by atoms with Gasteiger partial charge in [-0.3, -0.25) is 0 Å². The second kappa shape index (κ2) is 4.57. The van der Waals surface area contributed by atoms with Gasteiger partial charge in [0.2, 0.25) is 10.0 Å². The maximum atomic E-state index is 11.9. The van der Waals surface area contributed by atoms with Crippen molar-refractivity contribution in [2.75, 3.05) is 0 Å². The van der Waals surface area contributed by atoms with Gasteiger partial charge >= 0.3 is 0 Å². The van der Waals surface area contributed by atoms with E-state index in [1.54, 1.807) is 6.20 Å². The largest absolute Gasteiger partial charge is 0.391 e. The Morgan fingerprint density at radius 2 is 2.12 bits per heavy atom. The zero-order valence-electron chi connectivity index (χ0n) is 8.89. The van der Waals surface area contributed by atoms with Gasteiger partial charge in [-0.05, 0) is 18.9 Å². The maximum Gasteiger partial charge on any atom is 0.242 e. The predicted molar refractivity (Wildman–Crippen MR) is 59.4 cm³/mol. The molecule has 90 valence electrons. The number of aromatic nitrogens is 1. The van der Waals surface area contributed by atoms with E-state index in [1.807, 2.05) is 0 Å². The molecule has 2 rings (SSSR count). The minimum absolute atomic E-state index is 0.213. The first-order valence-electron chi connectivity index (χ1n) is 5.43. The summed E-state index contributed by atoms with van der Waals surface area (Å²) in [7, 11) is -3.49. The molecule has 2 atom stereocenters. The first-order chi connectivity index (χ1) is 7.59. The van der Waals surface area contributed by atoms with E-state index >= 15 is 0 Å². The Morgan fingerprint density at radius 3 is 2.75 bits per heavy atom. The molecule has 0 saturated heterocycles. The molecule has 0 unspecified atom stereocenters. The molecule has 0 aromatic carbocycles. The van der Waals surface area contributed by atoms with Crippen molar-refractivity contribution >= 4 is 10.0 Å². The lowest BCUT2D eigenvalue weighted by atomic mass is 9.93. The van der Waals surface area contributed by atoms with Crippen LogP contribution in [0.25, 0.3) is 0 Å². The Bertz CT molecular complexity index is 427. The number of hydrogen-bond donors (Lipinski definition) is 3. The van der Waals surface area contributed by atoms with Crippen LogP contribution >= 0.6 is 0 Å². The Hall–Kier alpha value is -0.850. The van der Waals surface area contributed by atoms with Crippen LogP contribution in [0.5, 0.6) is 0 Å². The minimum atomic E-state index is -3.49. The van der Waals surface area contributed by atoms with Gasteiger partial charge in [-0.1, -0.05) is 12.8 Å². The van der Waals surface area contributed by atoms with E-state index in [2.05, 4.69) is 9.71 Å². The molecule has 0 aliphatic heterocycles. The van der Waals surface area contributed by atoms with Crippen LogP contribution < -0.4 is 4.72 Å². The molecular weight excluding hydrogens is 228 g/mol. The van der Waals surface area contributed by atoms with Crippen LogP contribution in [0.4, 0.5) is 0 Å². The van der Waals surface area contributed by atoms with Gasteiger partial charge in [0.05, 0.1) is 11.0 Å². The van der Waals surface area contributed by atoms with Crippen molar-refractivity contribution < 1.29 is 13.5 Å². The monoisotopic (exact) mass is 244 g/mol. The Labute approximate surface area is 94.9 Å². The van der Waals surface area contributed by atoms with Crippen molar-refractivity contribution in [3.8, 4) is 0 Å². The maximum absolute atomic E-state index is 11.9. The van der Waals surface area contributed by atoms with Crippen molar-refractivity contribution in [1.82, 2.24) is 9.71 Å². The third kappa shape index (κ3) is 2.45. The highest BCUT2D eigenvalue weighted by Crippen LogP contribution is 2.20. The van der Waals surface area contributed by atoms with E-state index in [1.165, 1.54) is 12.3 Å². The molecule has 1 fully saturated rings. The molecule has 6 heteroatoms. The number of aliphatic hydroxyl groups excluding tert-OH is 1. The molecule has 16 heavy (non-hydrogen) atoms. The van der Waals surface area contributed by atoms with Gasteiger partial charge in [0.25, 0.3) is 0 Å². The van der Waals surface area contributed by atoms with Gasteiger partial charge < -0.3 is 10.1 Å². The number of H-pyrrole nitrogens is 1. The smallest absolute Gasteiger partial charge is 0.242 e. The summed E-state index contributed by atoms with van der Waals surface area (Å²) in [5.41, 5.74) is 0. The Balaban J connectivity index is 2.09. The fourth-order valence-corrected chi connectivity index (χ4v) is 3.27. The quantitative estimate of drug-likeness (QED) is 0.728. The lowest BCUT2D eigenvalue weighted by molar-refractivity contribution is 0.101. The zero-order chi connectivity index (χ0) is 11.6. The molecule has 1 aromatic rings. The number of rotatable bonds is 3. The predicted octanol–water partition coefficient (Wildman–Crippen LogP) is 0.596. The molecule has 1 heterocycles. The van der Waals surface area contributed by atoms with E-state index in [9.17, 15) is 13.5 Å². The summed E-state index contributed by atoms with van der Waals surface area (Å²) in [5.74, 6) is 0. The third-order valence-corrected chi connectivity index (χ3v) is 4.40. The highest BCUT2D eigenvalue weighted by molar-refractivity contribution is 7.89. The highest BCUT2D eigenvalue weighted by Gasteiger charge is 2.28. The lowest BCUT2D eigenvalue weighted by Gasteiger charge is -2.27. The van der Waals surface area contributed by atoms with Gasteiger partial charge in [0.1, 0.15) is 0 Å². The summed E-state index contributed by atoms with van der Waals surface area (Å²) in [6.07, 6.45) is 5.71. The molecule has 1 saturated carbocycles. The molecule has 3 N–H and O–H groups in total. The van der Waals surface area contributed by atoms with E-state index in [0.717, 1.165) is 12.8 Å². The summed E-state index contributed by atoms with van der Waals surface area (Å²) in [6, 6.07) is 1.14. The molecular formula is C10H16N2O3S. The molecule has 1 aliphatic rings. The standard InChI is InChI=1S/C10H16N2O3S/c13-10-4-2-1-3-9(10)12-16(14,15)8-5-6-11-7-8/h5-7,9-13H,1-4H2/t9-,10-/m0/s1. The van der Waals surface area contributed by atoms with E-state index < -0.39 is 16.1 Å². The normalized spacial score (nSPS) is 26.8. The van der Waals surface area contributed by atoms with Crippen LogP contribution in [0.15, 0.2) is 23.4 Å². The van der Waals surface area contributed by atoms with Crippen molar-refractivity contribution in [3.63, 3.8) is 0 Å². The van der Waals surface area contributed by atoms with Gasteiger partial charge in [-0.2, -0.15) is 0 Å². The molecule has 0 spiro atoms. The number of aromatic amines is 1. The van der Waals surface area contributed by atoms with Crippen molar-refractivity contribution in [2.45, 2.75) is 42.7 Å². The first kappa shape index (κ1) is 11.6. The molecule has 0 bridgehead atoms. The first-order valence-corrected chi connectivity index (χ1v) is 6.91. The summed E-state index contributed by atoms with van der Waals surface area (Å²) in [5, 5.41) is 9.70. The zero-order valence-corrected chi connectivity index (χ0v) is 9.70. The second-order valence-corrected chi connectivity index (χ2v) is 5.84. The average molecular weight is 244 g/mol. The summed E-state index contributed by atoms with van der Waals surface area (Å²) in [4.78, 5) is 2.92. The fraction of sp³-hybridized carbons (Fsp3) is 0.600. The minimum Gasteiger partial charge on any atom is -0.391 e. The molecule has 0 radical (unpaired) electrons. The number of aliphatic hydroxyl groups is 1. The van der Waals surface area contributed by atoms with E-state index in [-0.39, 0.29) is 10.9 Å². The molecule has 1 aliphatic carbocycles. The third-order valence-electron chi connectivity index (χ3n) is 2.92. The van der Waals surface area contributed by atoms with E-state index in [4.69, 9.17) is 0 Å². The molecule has 5 nitrogen and oxygen atoms in total. The van der Waals surface area contributed by atoms with Crippen LogP contribution in [0.1, 0.15) is 25.7 Å². The van der Waals surface area contributed by atoms with Gasteiger partial charge in [0.15, 0.2) is 0 Å². The highest BCUT2D eigenvalue weighted by atomic mass is 32.2. The van der Waals surface area contributed by atoms with Crippen LogP contribution in [0, 0.1) is 0 Å². The topological polar surface area (TPSA) is 82.2 Å². The van der Waals surface area contributed by atoms with Gasteiger partial charge in [-0.15, -0.1) is 0 Å². The van der Waals surface area contributed by atoms with Gasteiger partial charge in [-0.25, -0.2) is 13.1 Å². The van der Waals surface area contributed by atoms with Crippen LogP contribution in [-0.4, -0.2) is 30.7 Å². The van der Waals surface area contributed by atoms with E-state index in [0.29, 0.717) is 12.8 Å². The summed E-state index contributed by atoms with van der Waals surface area (Å²) < 4.78 is 26.3. The molecule has 1 aromatic heterocycles. The fourth-order valence-electron chi connectivity index (χ4n) is 1.99. The Morgan fingerprint density at radius 1 is 1.38 bits per heavy atom. The van der Waals surface area contributed by atoms with Crippen LogP contribution in [-0.2, 0) is 10.0 Å². The van der Waals surface area contributed by atoms with Crippen molar-refractivity contribution in [3.05, 3.63) is 18.5 Å². The Kier molecular flexibility index (Phi) is 3.32. The van der Waals surface area contributed by atoms with Crippen LogP contribution in [0.3, 0.4) is 0 Å². The second-order valence-electron chi connectivity index (χ2n) is 4.13. The van der Waals surface area contributed by atoms with Gasteiger partial charge in [0, 0.05) is 18.4 Å². The van der Waals surface area contributed by atoms with Crippen molar-refractivity contribution in [2.24, 2.45) is 0 Å². The summed E-state index contributed by atoms with van der Waals surface area (Å²) in [6.45, 7) is 0. The SMILES string of the molecule is O=S(=O)(N[C@H]1CCCC[C@@H]1O)c1cc[nH]c1. The lowest BCUT2D eigenvalue weighted by Crippen LogP contribution is -2.44.